The minimum absolute atomic E-state index is 0.156. The maximum absolute atomic E-state index is 12.1. The third-order valence-corrected chi connectivity index (χ3v) is 3.91. The second-order valence-corrected chi connectivity index (χ2v) is 5.80. The zero-order valence-corrected chi connectivity index (χ0v) is 13.9. The SMILES string of the molecule is COc1cccc(/C=C2/N=C(CCc3ccc(C)cc3)NC2=O)c1. The van der Waals surface area contributed by atoms with Gasteiger partial charge in [-0.25, -0.2) is 4.99 Å². The van der Waals surface area contributed by atoms with Gasteiger partial charge in [0, 0.05) is 6.42 Å². The topological polar surface area (TPSA) is 50.7 Å². The van der Waals surface area contributed by atoms with E-state index >= 15 is 0 Å². The monoisotopic (exact) mass is 320 g/mol. The van der Waals surface area contributed by atoms with E-state index in [0.717, 1.165) is 23.6 Å². The van der Waals surface area contributed by atoms with Crippen molar-refractivity contribution in [2.45, 2.75) is 19.8 Å². The van der Waals surface area contributed by atoms with E-state index in [1.807, 2.05) is 24.3 Å². The molecule has 0 unspecified atom stereocenters. The summed E-state index contributed by atoms with van der Waals surface area (Å²) >= 11 is 0. The number of rotatable bonds is 5. The number of amidine groups is 1. The van der Waals surface area contributed by atoms with Crippen LogP contribution >= 0.6 is 0 Å². The van der Waals surface area contributed by atoms with Gasteiger partial charge in [0.25, 0.3) is 5.91 Å². The number of aliphatic imine (C=N–C) groups is 1. The Kier molecular flexibility index (Phi) is 4.75. The predicted octanol–water partition coefficient (Wildman–Crippen LogP) is 3.51. The van der Waals surface area contributed by atoms with Crippen molar-refractivity contribution in [2.24, 2.45) is 4.99 Å². The highest BCUT2D eigenvalue weighted by Crippen LogP contribution is 2.18. The predicted molar refractivity (Wildman–Crippen MR) is 96.0 cm³/mol. The van der Waals surface area contributed by atoms with Crippen molar-refractivity contribution in [3.63, 3.8) is 0 Å². The molecule has 0 fully saturated rings. The smallest absolute Gasteiger partial charge is 0.275 e. The third kappa shape index (κ3) is 3.90. The molecule has 0 aromatic heterocycles. The van der Waals surface area contributed by atoms with E-state index in [9.17, 15) is 4.79 Å². The van der Waals surface area contributed by atoms with Crippen molar-refractivity contribution >= 4 is 17.8 Å². The van der Waals surface area contributed by atoms with E-state index in [2.05, 4.69) is 41.5 Å². The zero-order chi connectivity index (χ0) is 16.9. The van der Waals surface area contributed by atoms with Gasteiger partial charge in [-0.15, -0.1) is 0 Å². The van der Waals surface area contributed by atoms with Gasteiger partial charge >= 0.3 is 0 Å². The van der Waals surface area contributed by atoms with Crippen LogP contribution in [0.25, 0.3) is 6.08 Å². The second-order valence-electron chi connectivity index (χ2n) is 5.80. The van der Waals surface area contributed by atoms with Crippen molar-refractivity contribution in [1.82, 2.24) is 5.32 Å². The third-order valence-electron chi connectivity index (χ3n) is 3.91. The highest BCUT2D eigenvalue weighted by molar-refractivity contribution is 6.14. The van der Waals surface area contributed by atoms with Crippen molar-refractivity contribution in [3.05, 3.63) is 70.9 Å². The van der Waals surface area contributed by atoms with E-state index in [4.69, 9.17) is 4.74 Å². The van der Waals surface area contributed by atoms with Crippen LogP contribution in [0.3, 0.4) is 0 Å². The van der Waals surface area contributed by atoms with Crippen LogP contribution in [0.1, 0.15) is 23.1 Å². The molecular formula is C20H20N2O2. The van der Waals surface area contributed by atoms with Gasteiger partial charge in [-0.3, -0.25) is 4.79 Å². The fourth-order valence-corrected chi connectivity index (χ4v) is 2.54. The standard InChI is InChI=1S/C20H20N2O2/c1-14-6-8-15(9-7-14)10-11-19-21-18(20(23)22-19)13-16-4-3-5-17(12-16)24-2/h3-9,12-13H,10-11H2,1-2H3,(H,21,22,23)/b18-13+. The number of carbonyl (C=O) groups excluding carboxylic acids is 1. The fourth-order valence-electron chi connectivity index (χ4n) is 2.54. The fraction of sp³-hybridized carbons (Fsp3) is 0.200. The molecule has 0 radical (unpaired) electrons. The number of nitrogens with zero attached hydrogens (tertiary/aromatic N) is 1. The quantitative estimate of drug-likeness (QED) is 0.857. The van der Waals surface area contributed by atoms with Gasteiger partial charge in [0.1, 0.15) is 17.3 Å². The van der Waals surface area contributed by atoms with Gasteiger partial charge in [0.2, 0.25) is 0 Å². The molecule has 2 aromatic carbocycles. The van der Waals surface area contributed by atoms with Crippen molar-refractivity contribution in [1.29, 1.82) is 0 Å². The number of benzene rings is 2. The molecule has 0 aliphatic carbocycles. The van der Waals surface area contributed by atoms with Crippen LogP contribution in [0.5, 0.6) is 5.75 Å². The first-order valence-corrected chi connectivity index (χ1v) is 7.94. The van der Waals surface area contributed by atoms with Crippen LogP contribution in [0.15, 0.2) is 59.2 Å². The number of aryl methyl sites for hydroxylation is 2. The first-order chi connectivity index (χ1) is 11.6. The zero-order valence-electron chi connectivity index (χ0n) is 13.9. The molecule has 3 rings (SSSR count). The molecule has 0 spiro atoms. The summed E-state index contributed by atoms with van der Waals surface area (Å²) in [6, 6.07) is 16.0. The second kappa shape index (κ2) is 7.13. The van der Waals surface area contributed by atoms with E-state index < -0.39 is 0 Å². The molecule has 1 aliphatic rings. The Morgan fingerprint density at radius 3 is 2.67 bits per heavy atom. The van der Waals surface area contributed by atoms with Crippen LogP contribution < -0.4 is 10.1 Å². The molecule has 1 N–H and O–H groups in total. The number of methoxy groups -OCH3 is 1. The Bertz CT molecular complexity index is 805. The van der Waals surface area contributed by atoms with Gasteiger partial charge in [0.15, 0.2) is 0 Å². The van der Waals surface area contributed by atoms with Gasteiger partial charge < -0.3 is 10.1 Å². The Morgan fingerprint density at radius 1 is 1.12 bits per heavy atom. The summed E-state index contributed by atoms with van der Waals surface area (Å²) in [6.45, 7) is 2.07. The van der Waals surface area contributed by atoms with E-state index in [1.165, 1.54) is 11.1 Å². The molecule has 24 heavy (non-hydrogen) atoms. The maximum atomic E-state index is 12.1. The molecular weight excluding hydrogens is 300 g/mol. The van der Waals surface area contributed by atoms with Crippen LogP contribution in [-0.4, -0.2) is 18.9 Å². The van der Waals surface area contributed by atoms with Gasteiger partial charge in [0.05, 0.1) is 7.11 Å². The Labute approximate surface area is 141 Å². The summed E-state index contributed by atoms with van der Waals surface area (Å²) in [5.74, 6) is 1.32. The lowest BCUT2D eigenvalue weighted by molar-refractivity contribution is -0.115. The van der Waals surface area contributed by atoms with Crippen molar-refractivity contribution in [3.8, 4) is 5.75 Å². The van der Waals surface area contributed by atoms with Crippen LogP contribution in [0, 0.1) is 6.92 Å². The molecule has 2 aromatic rings. The maximum Gasteiger partial charge on any atom is 0.275 e. The number of hydrogen-bond acceptors (Lipinski definition) is 3. The van der Waals surface area contributed by atoms with E-state index in [0.29, 0.717) is 12.1 Å². The number of hydrogen-bond donors (Lipinski definition) is 1. The molecule has 4 heteroatoms. The molecule has 122 valence electrons. The summed E-state index contributed by atoms with van der Waals surface area (Å²) in [4.78, 5) is 16.5. The number of amides is 1. The number of carbonyl (C=O) groups is 1. The molecule has 1 aliphatic heterocycles. The Hall–Kier alpha value is -2.88. The molecule has 1 amide bonds. The van der Waals surface area contributed by atoms with Crippen LogP contribution in [0.4, 0.5) is 0 Å². The van der Waals surface area contributed by atoms with Crippen molar-refractivity contribution < 1.29 is 9.53 Å². The van der Waals surface area contributed by atoms with Crippen LogP contribution in [-0.2, 0) is 11.2 Å². The minimum Gasteiger partial charge on any atom is -0.497 e. The average molecular weight is 320 g/mol. The molecule has 0 saturated heterocycles. The average Bonchev–Trinajstić information content (AvgIpc) is 2.94. The lowest BCUT2D eigenvalue weighted by atomic mass is 10.1. The number of ether oxygens (including phenoxy) is 1. The summed E-state index contributed by atoms with van der Waals surface area (Å²) in [5, 5.41) is 2.85. The van der Waals surface area contributed by atoms with Gasteiger partial charge in [-0.05, 0) is 42.7 Å². The molecule has 1 heterocycles. The summed E-state index contributed by atoms with van der Waals surface area (Å²) in [5.41, 5.74) is 3.81. The summed E-state index contributed by atoms with van der Waals surface area (Å²) in [7, 11) is 1.62. The lowest BCUT2D eigenvalue weighted by Gasteiger charge is -2.02. The summed E-state index contributed by atoms with van der Waals surface area (Å²) in [6.07, 6.45) is 3.34. The Morgan fingerprint density at radius 2 is 1.92 bits per heavy atom. The Balaban J connectivity index is 1.70. The van der Waals surface area contributed by atoms with E-state index in [1.54, 1.807) is 13.2 Å². The van der Waals surface area contributed by atoms with Gasteiger partial charge in [-0.1, -0.05) is 42.0 Å². The lowest BCUT2D eigenvalue weighted by Crippen LogP contribution is -2.24. The van der Waals surface area contributed by atoms with Gasteiger partial charge in [-0.2, -0.15) is 0 Å². The first kappa shape index (κ1) is 16.0. The largest absolute Gasteiger partial charge is 0.497 e. The van der Waals surface area contributed by atoms with E-state index in [-0.39, 0.29) is 5.91 Å². The highest BCUT2D eigenvalue weighted by Gasteiger charge is 2.19. The molecule has 4 nitrogen and oxygen atoms in total. The molecule has 0 atom stereocenters. The minimum atomic E-state index is -0.156. The molecule has 0 bridgehead atoms. The normalized spacial score (nSPS) is 15.3. The number of nitrogens with one attached hydrogen (secondary N) is 1. The van der Waals surface area contributed by atoms with Crippen LogP contribution in [0.2, 0.25) is 0 Å². The molecule has 0 saturated carbocycles. The highest BCUT2D eigenvalue weighted by atomic mass is 16.5. The summed E-state index contributed by atoms with van der Waals surface area (Å²) < 4.78 is 5.20. The first-order valence-electron chi connectivity index (χ1n) is 7.94. The van der Waals surface area contributed by atoms with Crippen molar-refractivity contribution in [2.75, 3.05) is 7.11 Å².